The molecule has 3 rings (SSSR count). The van der Waals surface area contributed by atoms with Crippen LogP contribution in [0, 0.1) is 11.3 Å². The van der Waals surface area contributed by atoms with Crippen LogP contribution >= 0.6 is 11.3 Å². The van der Waals surface area contributed by atoms with Crippen molar-refractivity contribution in [1.82, 2.24) is 10.6 Å². The van der Waals surface area contributed by atoms with Crippen LogP contribution in [0.15, 0.2) is 53.1 Å². The van der Waals surface area contributed by atoms with Crippen molar-refractivity contribution >= 4 is 35.4 Å². The van der Waals surface area contributed by atoms with Gasteiger partial charge in [0.2, 0.25) is 0 Å². The van der Waals surface area contributed by atoms with Gasteiger partial charge in [-0.2, -0.15) is 5.26 Å². The molecule has 2 aromatic rings. The Morgan fingerprint density at radius 3 is 2.74 bits per heavy atom. The Morgan fingerprint density at radius 1 is 1.23 bits per heavy atom. The number of hydrogen-bond donors (Lipinski definition) is 2. The third-order valence-corrected chi connectivity index (χ3v) is 5.66. The summed E-state index contributed by atoms with van der Waals surface area (Å²) in [4.78, 5) is 38.0. The number of rotatable bonds is 10. The van der Waals surface area contributed by atoms with Crippen molar-refractivity contribution in [2.75, 3.05) is 26.9 Å². The molecule has 10 nitrogen and oxygen atoms in total. The third-order valence-electron chi connectivity index (χ3n) is 4.73. The molecular formula is C24H23N3O7S. The van der Waals surface area contributed by atoms with Crippen LogP contribution in [-0.2, 0) is 19.1 Å². The Hall–Kier alpha value is -4.30. The van der Waals surface area contributed by atoms with E-state index >= 15 is 0 Å². The SMILES string of the molecule is CCOC(=O)C1=C(COC(=O)/C=C/c2ccc(OCC#N)c(OC)c2)NC(=O)NC1c1cccs1. The number of nitriles is 1. The molecule has 2 amide bonds. The fourth-order valence-corrected chi connectivity index (χ4v) is 4.01. The Labute approximate surface area is 205 Å². The van der Waals surface area contributed by atoms with Gasteiger partial charge in [-0.15, -0.1) is 11.3 Å². The van der Waals surface area contributed by atoms with E-state index in [0.717, 1.165) is 4.88 Å². The van der Waals surface area contributed by atoms with Gasteiger partial charge in [-0.25, -0.2) is 14.4 Å². The van der Waals surface area contributed by atoms with E-state index in [2.05, 4.69) is 10.6 Å². The summed E-state index contributed by atoms with van der Waals surface area (Å²) in [7, 11) is 1.46. The Morgan fingerprint density at radius 2 is 2.06 bits per heavy atom. The molecule has 1 aromatic carbocycles. The van der Waals surface area contributed by atoms with E-state index in [1.54, 1.807) is 37.3 Å². The zero-order valence-electron chi connectivity index (χ0n) is 19.0. The standard InChI is InChI=1S/C24H23N3O7S/c1-3-32-23(29)21-16(26-24(30)27-22(21)19-5-4-12-35-19)14-34-20(28)9-7-15-6-8-17(33-11-10-25)18(13-15)31-2/h4-9,12-13,22H,3,11,14H2,1-2H3,(H2,26,27,30)/b9-7+. The van der Waals surface area contributed by atoms with E-state index < -0.39 is 24.0 Å². The summed E-state index contributed by atoms with van der Waals surface area (Å²) in [5.41, 5.74) is 0.943. The number of benzene rings is 1. The number of hydrogen-bond acceptors (Lipinski definition) is 9. The molecule has 1 aliphatic rings. The molecule has 1 atom stereocenters. The van der Waals surface area contributed by atoms with Crippen LogP contribution < -0.4 is 20.1 Å². The smallest absolute Gasteiger partial charge is 0.338 e. The first-order valence-corrected chi connectivity index (χ1v) is 11.4. The number of amides is 2. The lowest BCUT2D eigenvalue weighted by Crippen LogP contribution is -2.46. The quantitative estimate of drug-likeness (QED) is 0.378. The molecule has 1 aromatic heterocycles. The number of methoxy groups -OCH3 is 1. The summed E-state index contributed by atoms with van der Waals surface area (Å²) in [6, 6.07) is 9.16. The zero-order chi connectivity index (χ0) is 25.2. The fourth-order valence-electron chi connectivity index (χ4n) is 3.22. The maximum Gasteiger partial charge on any atom is 0.338 e. The van der Waals surface area contributed by atoms with Crippen LogP contribution in [0.3, 0.4) is 0 Å². The first-order chi connectivity index (χ1) is 17.0. The van der Waals surface area contributed by atoms with Crippen LogP contribution in [0.25, 0.3) is 6.08 Å². The molecule has 182 valence electrons. The summed E-state index contributed by atoms with van der Waals surface area (Å²) < 4.78 is 21.0. The molecule has 0 bridgehead atoms. The van der Waals surface area contributed by atoms with Crippen LogP contribution in [0.5, 0.6) is 11.5 Å². The number of esters is 2. The lowest BCUT2D eigenvalue weighted by Gasteiger charge is -2.28. The van der Waals surface area contributed by atoms with Crippen molar-refractivity contribution in [2.24, 2.45) is 0 Å². The molecule has 0 fully saturated rings. The number of carbonyl (C=O) groups is 3. The summed E-state index contributed by atoms with van der Waals surface area (Å²) >= 11 is 1.37. The minimum atomic E-state index is -0.721. The van der Waals surface area contributed by atoms with Gasteiger partial charge in [0.15, 0.2) is 18.1 Å². The van der Waals surface area contributed by atoms with E-state index in [1.165, 1.54) is 30.6 Å². The lowest BCUT2D eigenvalue weighted by molar-refractivity contribution is -0.140. The monoisotopic (exact) mass is 497 g/mol. The van der Waals surface area contributed by atoms with E-state index in [-0.39, 0.29) is 31.1 Å². The van der Waals surface area contributed by atoms with Gasteiger partial charge in [0, 0.05) is 11.0 Å². The largest absolute Gasteiger partial charge is 0.493 e. The van der Waals surface area contributed by atoms with Crippen molar-refractivity contribution in [3.63, 3.8) is 0 Å². The van der Waals surface area contributed by atoms with Gasteiger partial charge in [-0.3, -0.25) is 0 Å². The summed E-state index contributed by atoms with van der Waals surface area (Å²) in [5.74, 6) is -0.512. The number of nitrogens with zero attached hydrogens (tertiary/aromatic N) is 1. The molecule has 35 heavy (non-hydrogen) atoms. The lowest BCUT2D eigenvalue weighted by atomic mass is 10.0. The normalized spacial score (nSPS) is 15.1. The highest BCUT2D eigenvalue weighted by Gasteiger charge is 2.34. The van der Waals surface area contributed by atoms with Crippen LogP contribution in [0.2, 0.25) is 0 Å². The molecular weight excluding hydrogens is 474 g/mol. The molecule has 11 heteroatoms. The molecule has 0 spiro atoms. The van der Waals surface area contributed by atoms with Gasteiger partial charge >= 0.3 is 18.0 Å². The number of urea groups is 1. The molecule has 0 saturated carbocycles. The Bertz CT molecular complexity index is 1180. The van der Waals surface area contributed by atoms with E-state index in [9.17, 15) is 14.4 Å². The molecule has 0 radical (unpaired) electrons. The fraction of sp³-hybridized carbons (Fsp3) is 0.250. The highest BCUT2D eigenvalue weighted by Crippen LogP contribution is 2.31. The van der Waals surface area contributed by atoms with Gasteiger partial charge in [0.05, 0.1) is 31.0 Å². The first-order valence-electron chi connectivity index (χ1n) is 10.5. The highest BCUT2D eigenvalue weighted by molar-refractivity contribution is 7.10. The van der Waals surface area contributed by atoms with Gasteiger partial charge in [0.25, 0.3) is 0 Å². The third kappa shape index (κ3) is 6.61. The average Bonchev–Trinajstić information content (AvgIpc) is 3.39. The van der Waals surface area contributed by atoms with Crippen molar-refractivity contribution in [3.8, 4) is 17.6 Å². The molecule has 1 unspecified atom stereocenters. The van der Waals surface area contributed by atoms with E-state index in [1.807, 2.05) is 11.4 Å². The Balaban J connectivity index is 1.74. The number of thiophene rings is 1. The maximum atomic E-state index is 12.7. The molecule has 2 heterocycles. The van der Waals surface area contributed by atoms with Crippen molar-refractivity contribution in [2.45, 2.75) is 13.0 Å². The average molecular weight is 498 g/mol. The second-order valence-electron chi connectivity index (χ2n) is 6.96. The topological polar surface area (TPSA) is 136 Å². The number of ether oxygens (including phenoxy) is 4. The summed E-state index contributed by atoms with van der Waals surface area (Å²) in [6.45, 7) is 1.36. The van der Waals surface area contributed by atoms with Gasteiger partial charge in [-0.05, 0) is 42.1 Å². The van der Waals surface area contributed by atoms with E-state index in [0.29, 0.717) is 17.1 Å². The summed E-state index contributed by atoms with van der Waals surface area (Å²) in [6.07, 6.45) is 2.71. The minimum absolute atomic E-state index is 0.124. The maximum absolute atomic E-state index is 12.7. The van der Waals surface area contributed by atoms with Crippen LogP contribution in [0.1, 0.15) is 23.4 Å². The van der Waals surface area contributed by atoms with Crippen LogP contribution in [0.4, 0.5) is 4.79 Å². The van der Waals surface area contributed by atoms with Gasteiger partial charge in [0.1, 0.15) is 12.7 Å². The molecule has 0 saturated heterocycles. The van der Waals surface area contributed by atoms with Crippen LogP contribution in [-0.4, -0.2) is 44.9 Å². The zero-order valence-corrected chi connectivity index (χ0v) is 19.8. The second-order valence-corrected chi connectivity index (χ2v) is 7.94. The molecule has 2 N–H and O–H groups in total. The molecule has 0 aliphatic carbocycles. The molecule has 1 aliphatic heterocycles. The highest BCUT2D eigenvalue weighted by atomic mass is 32.1. The van der Waals surface area contributed by atoms with Crippen molar-refractivity contribution < 1.29 is 33.3 Å². The van der Waals surface area contributed by atoms with Gasteiger partial charge < -0.3 is 29.6 Å². The van der Waals surface area contributed by atoms with E-state index in [4.69, 9.17) is 24.2 Å². The number of nitrogens with one attached hydrogen (secondary N) is 2. The predicted molar refractivity (Wildman–Crippen MR) is 126 cm³/mol. The summed E-state index contributed by atoms with van der Waals surface area (Å²) in [5, 5.41) is 15.7. The number of carbonyl (C=O) groups excluding carboxylic acids is 3. The first kappa shape index (κ1) is 25.3. The Kier molecular flexibility index (Phi) is 8.86. The van der Waals surface area contributed by atoms with Crippen molar-refractivity contribution in [3.05, 3.63) is 63.5 Å². The van der Waals surface area contributed by atoms with Crippen molar-refractivity contribution in [1.29, 1.82) is 5.26 Å². The minimum Gasteiger partial charge on any atom is -0.493 e. The second kappa shape index (κ2) is 12.2. The van der Waals surface area contributed by atoms with Gasteiger partial charge in [-0.1, -0.05) is 12.1 Å². The predicted octanol–water partition coefficient (Wildman–Crippen LogP) is 3.09.